The number of hydrogen-bond acceptors (Lipinski definition) is 8. The van der Waals surface area contributed by atoms with Crippen LogP contribution in [0.4, 0.5) is 0 Å². The molecular weight excluding hydrogens is 698 g/mol. The number of nitrogens with one attached hydrogen (secondary N) is 5. The minimum absolute atomic E-state index is 0.00102. The lowest BCUT2D eigenvalue weighted by Crippen LogP contribution is -2.57. The number of aromatic amines is 1. The molecule has 0 fully saturated rings. The van der Waals surface area contributed by atoms with Crippen LogP contribution in [-0.2, 0) is 41.6 Å². The zero-order valence-corrected chi connectivity index (χ0v) is 29.4. The fraction of sp³-hybridized carbons (Fsp3) is 0.324. The Balaban J connectivity index is 1.61. The normalized spacial score (nSPS) is 13.2. The van der Waals surface area contributed by atoms with E-state index in [4.69, 9.17) is 17.2 Å². The molecule has 1 aromatic heterocycles. The maximum Gasteiger partial charge on any atom is 0.326 e. The third-order valence-electron chi connectivity index (χ3n) is 8.83. The Morgan fingerprint density at radius 2 is 1.43 bits per heavy atom. The zero-order valence-electron chi connectivity index (χ0n) is 29.4. The first-order chi connectivity index (χ1) is 25.8. The first-order valence-corrected chi connectivity index (χ1v) is 17.3. The molecule has 0 saturated heterocycles. The molecule has 17 heteroatoms. The predicted octanol–water partition coefficient (Wildman–Crippen LogP) is 0.476. The van der Waals surface area contributed by atoms with Crippen LogP contribution in [0.1, 0.15) is 43.2 Å². The molecule has 0 aliphatic carbocycles. The van der Waals surface area contributed by atoms with Gasteiger partial charge in [-0.3, -0.25) is 34.2 Å². The van der Waals surface area contributed by atoms with E-state index in [1.165, 1.54) is 0 Å². The van der Waals surface area contributed by atoms with Crippen molar-refractivity contribution < 1.29 is 39.1 Å². The number of guanidine groups is 1. The van der Waals surface area contributed by atoms with Crippen molar-refractivity contribution in [3.63, 3.8) is 0 Å². The minimum Gasteiger partial charge on any atom is -0.480 e. The lowest BCUT2D eigenvalue weighted by molar-refractivity contribution is -0.142. The summed E-state index contributed by atoms with van der Waals surface area (Å²) in [4.78, 5) is 84.4. The SMILES string of the molecule is NC(=O)CC[C@H](NC(=O)[C@H](Cc1c[nH]c2ccccc12)NC(=O)[C@H](CCCN=C(N)N)NC(=O)[C@@H](CC(=O)NO)Cc1ccc2ccccc2c1)C(=O)O. The molecule has 286 valence electrons. The van der Waals surface area contributed by atoms with Crippen molar-refractivity contribution in [2.75, 3.05) is 6.54 Å². The lowest BCUT2D eigenvalue weighted by Gasteiger charge is -2.26. The maximum atomic E-state index is 14.1. The molecule has 0 saturated carbocycles. The Labute approximate surface area is 310 Å². The van der Waals surface area contributed by atoms with Crippen molar-refractivity contribution in [3.05, 3.63) is 84.1 Å². The predicted molar refractivity (Wildman–Crippen MR) is 199 cm³/mol. The van der Waals surface area contributed by atoms with Gasteiger partial charge in [-0.05, 0) is 53.6 Å². The summed E-state index contributed by atoms with van der Waals surface area (Å²) >= 11 is 0. The highest BCUT2D eigenvalue weighted by molar-refractivity contribution is 5.95. The summed E-state index contributed by atoms with van der Waals surface area (Å²) in [6, 6.07) is 16.3. The van der Waals surface area contributed by atoms with E-state index < -0.39 is 66.0 Å². The average Bonchev–Trinajstić information content (AvgIpc) is 3.55. The monoisotopic (exact) mass is 743 g/mol. The van der Waals surface area contributed by atoms with Crippen molar-refractivity contribution >= 4 is 63.1 Å². The molecule has 17 nitrogen and oxygen atoms in total. The molecule has 0 aliphatic rings. The van der Waals surface area contributed by atoms with Crippen LogP contribution in [0.25, 0.3) is 21.7 Å². The Morgan fingerprint density at radius 3 is 2.13 bits per heavy atom. The van der Waals surface area contributed by atoms with E-state index in [2.05, 4.69) is 25.9 Å². The smallest absolute Gasteiger partial charge is 0.326 e. The van der Waals surface area contributed by atoms with E-state index in [0.717, 1.165) is 27.2 Å². The highest BCUT2D eigenvalue weighted by Gasteiger charge is 2.32. The number of hydrogen-bond donors (Lipinski definition) is 10. The van der Waals surface area contributed by atoms with E-state index >= 15 is 0 Å². The number of aromatic nitrogens is 1. The van der Waals surface area contributed by atoms with Gasteiger partial charge in [-0.15, -0.1) is 0 Å². The third kappa shape index (κ3) is 11.8. The molecule has 4 atom stereocenters. The number of primary amides is 1. The van der Waals surface area contributed by atoms with Gasteiger partial charge in [-0.25, -0.2) is 10.3 Å². The van der Waals surface area contributed by atoms with Crippen molar-refractivity contribution in [2.45, 2.75) is 63.1 Å². The summed E-state index contributed by atoms with van der Waals surface area (Å²) in [5.74, 6) is -6.50. The first-order valence-electron chi connectivity index (χ1n) is 17.3. The van der Waals surface area contributed by atoms with Gasteiger partial charge in [0.15, 0.2) is 5.96 Å². The summed E-state index contributed by atoms with van der Waals surface area (Å²) in [6.45, 7) is 0.106. The van der Waals surface area contributed by atoms with Crippen LogP contribution < -0.4 is 38.6 Å². The van der Waals surface area contributed by atoms with Crippen molar-refractivity contribution in [2.24, 2.45) is 28.1 Å². The summed E-state index contributed by atoms with van der Waals surface area (Å²) in [5.41, 5.74) is 19.8. The van der Waals surface area contributed by atoms with E-state index in [-0.39, 0.29) is 51.0 Å². The van der Waals surface area contributed by atoms with Crippen molar-refractivity contribution in [1.29, 1.82) is 0 Å². The summed E-state index contributed by atoms with van der Waals surface area (Å²) in [7, 11) is 0. The largest absolute Gasteiger partial charge is 0.480 e. The van der Waals surface area contributed by atoms with Gasteiger partial charge in [-0.1, -0.05) is 60.7 Å². The van der Waals surface area contributed by atoms with Crippen LogP contribution in [0.3, 0.4) is 0 Å². The number of aliphatic carboxylic acids is 1. The van der Waals surface area contributed by atoms with Crippen molar-refractivity contribution in [3.8, 4) is 0 Å². The number of nitrogens with two attached hydrogens (primary N) is 3. The van der Waals surface area contributed by atoms with Gasteiger partial charge in [0.2, 0.25) is 29.5 Å². The average molecular weight is 744 g/mol. The van der Waals surface area contributed by atoms with Crippen LogP contribution in [0.2, 0.25) is 0 Å². The molecule has 4 rings (SSSR count). The number of fused-ring (bicyclic) bond motifs is 2. The van der Waals surface area contributed by atoms with Crippen LogP contribution in [0, 0.1) is 5.92 Å². The number of carbonyl (C=O) groups excluding carboxylic acids is 5. The third-order valence-corrected chi connectivity index (χ3v) is 8.83. The zero-order chi connectivity index (χ0) is 39.2. The number of amides is 5. The second-order valence-electron chi connectivity index (χ2n) is 12.9. The molecule has 54 heavy (non-hydrogen) atoms. The maximum absolute atomic E-state index is 14.1. The van der Waals surface area contributed by atoms with Crippen molar-refractivity contribution in [1.82, 2.24) is 26.4 Å². The number of hydroxylamine groups is 1. The van der Waals surface area contributed by atoms with Crippen LogP contribution in [-0.4, -0.2) is 81.4 Å². The molecule has 4 aromatic rings. The van der Waals surface area contributed by atoms with Crippen LogP contribution in [0.15, 0.2) is 77.9 Å². The van der Waals surface area contributed by atoms with Gasteiger partial charge in [0, 0.05) is 42.9 Å². The number of nitrogens with zero attached hydrogens (tertiary/aromatic N) is 1. The van der Waals surface area contributed by atoms with Gasteiger partial charge in [0.1, 0.15) is 18.1 Å². The van der Waals surface area contributed by atoms with Gasteiger partial charge >= 0.3 is 5.97 Å². The summed E-state index contributed by atoms with van der Waals surface area (Å²) in [5, 5.41) is 29.5. The molecule has 13 N–H and O–H groups in total. The molecule has 0 spiro atoms. The summed E-state index contributed by atoms with van der Waals surface area (Å²) < 4.78 is 0. The number of H-pyrrole nitrogens is 1. The number of para-hydroxylation sites is 1. The molecule has 1 heterocycles. The minimum atomic E-state index is -1.49. The quantitative estimate of drug-likeness (QED) is 0.0196. The number of carboxylic acids is 1. The number of carboxylic acid groups (broad SMARTS) is 1. The second-order valence-corrected chi connectivity index (χ2v) is 12.9. The topological polar surface area (TPSA) is 297 Å². The number of rotatable bonds is 20. The number of carbonyl (C=O) groups is 6. The highest BCUT2D eigenvalue weighted by atomic mass is 16.5. The van der Waals surface area contributed by atoms with Gasteiger partial charge in [0.05, 0.1) is 5.92 Å². The first kappa shape index (κ1) is 40.3. The molecule has 3 aromatic carbocycles. The fourth-order valence-electron chi connectivity index (χ4n) is 6.06. The molecule has 5 amide bonds. The van der Waals surface area contributed by atoms with Gasteiger partial charge < -0.3 is 43.2 Å². The Bertz CT molecular complexity index is 2010. The number of benzene rings is 3. The molecule has 0 unspecified atom stereocenters. The summed E-state index contributed by atoms with van der Waals surface area (Å²) in [6.07, 6.45) is 0.877. The van der Waals surface area contributed by atoms with Gasteiger partial charge in [-0.2, -0.15) is 0 Å². The molecule has 0 radical (unpaired) electrons. The Morgan fingerprint density at radius 1 is 0.759 bits per heavy atom. The fourth-order valence-corrected chi connectivity index (χ4v) is 6.06. The van der Waals surface area contributed by atoms with Gasteiger partial charge in [0.25, 0.3) is 0 Å². The van der Waals surface area contributed by atoms with E-state index in [0.29, 0.717) is 5.56 Å². The lowest BCUT2D eigenvalue weighted by atomic mass is 9.93. The van der Waals surface area contributed by atoms with E-state index in [1.807, 2.05) is 60.7 Å². The van der Waals surface area contributed by atoms with Crippen LogP contribution in [0.5, 0.6) is 0 Å². The molecular formula is C37H45N9O8. The number of aliphatic imine (C=N–C) groups is 1. The van der Waals surface area contributed by atoms with E-state index in [1.54, 1.807) is 17.7 Å². The van der Waals surface area contributed by atoms with Crippen LogP contribution >= 0.6 is 0 Å². The second kappa shape index (κ2) is 19.4. The highest BCUT2D eigenvalue weighted by Crippen LogP contribution is 2.21. The Kier molecular flexibility index (Phi) is 14.5. The molecule has 0 bridgehead atoms. The Hall–Kier alpha value is -6.49. The van der Waals surface area contributed by atoms with E-state index in [9.17, 15) is 39.1 Å². The standard InChI is InChI=1S/C37H45N9O8/c38-31(47)14-13-29(36(52)53)44-35(51)30(18-25-20-42-27-9-4-3-8-26(25)27)45-34(50)28(10-5-15-41-37(39)40)43-33(49)24(19-32(48)46-54)17-21-11-12-22-6-1-2-7-23(22)16-21/h1-4,6-9,11-12,16,20,24,28-30,42,54H,5,10,13-15,17-19H2,(H2,38,47)(H,43,49)(H,44,51)(H,45,50)(H,46,48)(H,52,53)(H4,39,40,41)/t24-,28+,29+,30+/m1/s1. The molecule has 0 aliphatic heterocycles.